The first-order valence-electron chi connectivity index (χ1n) is 33.4. The number of halogens is 7. The van der Waals surface area contributed by atoms with E-state index in [1.165, 1.54) is 47.1 Å². The number of imidazole rings is 3. The Hall–Kier alpha value is -7.97. The van der Waals surface area contributed by atoms with Gasteiger partial charge in [0, 0.05) is 23.7 Å². The van der Waals surface area contributed by atoms with Crippen molar-refractivity contribution in [3.05, 3.63) is 115 Å². The van der Waals surface area contributed by atoms with Crippen molar-refractivity contribution in [3.63, 3.8) is 0 Å². The summed E-state index contributed by atoms with van der Waals surface area (Å²) in [6.07, 6.45) is -4.10. The molecular formula is C67H83BrClF5N14O16. The number of aromatic nitrogens is 12. The zero-order valence-corrected chi connectivity index (χ0v) is 60.0. The fourth-order valence-corrected chi connectivity index (χ4v) is 13.0. The first-order valence-corrected chi connectivity index (χ1v) is 34.7. The number of aliphatic hydroxyl groups is 4. The van der Waals surface area contributed by atoms with Gasteiger partial charge in [-0.15, -0.1) is 0 Å². The van der Waals surface area contributed by atoms with Gasteiger partial charge in [0.15, 0.2) is 77.1 Å². The minimum absolute atomic E-state index is 0.0245. The van der Waals surface area contributed by atoms with Crippen LogP contribution in [0.25, 0.3) is 33.5 Å². The molecular weight excluding hydrogens is 1470 g/mol. The van der Waals surface area contributed by atoms with E-state index < -0.39 is 105 Å². The van der Waals surface area contributed by atoms with E-state index in [4.69, 9.17) is 75.7 Å². The van der Waals surface area contributed by atoms with Gasteiger partial charge in [-0.05, 0) is 49.9 Å². The molecule has 37 heteroatoms. The maximum atomic E-state index is 14.4. The molecule has 8 aromatic rings. The predicted octanol–water partition coefficient (Wildman–Crippen LogP) is 8.23. The van der Waals surface area contributed by atoms with Crippen LogP contribution in [0.5, 0.6) is 0 Å². The minimum Gasteiger partial charge on any atom is -0.429 e. The van der Waals surface area contributed by atoms with E-state index >= 15 is 0 Å². The average Bonchev–Trinajstić information content (AvgIpc) is 1.63. The number of hydrogen-bond acceptors (Lipinski definition) is 27. The van der Waals surface area contributed by atoms with E-state index in [1.54, 1.807) is 66.1 Å². The van der Waals surface area contributed by atoms with Crippen molar-refractivity contribution >= 4 is 90.7 Å². The van der Waals surface area contributed by atoms with Crippen LogP contribution in [0.2, 0.25) is 5.15 Å². The molecule has 0 spiro atoms. The van der Waals surface area contributed by atoms with Crippen LogP contribution in [0.3, 0.4) is 0 Å². The van der Waals surface area contributed by atoms with Crippen molar-refractivity contribution < 1.29 is 99.5 Å². The Balaban J connectivity index is 0.000000158. The molecule has 2 aromatic carbocycles. The number of nitrogen functional groups attached to an aromatic ring is 2. The standard InChI is InChI=1S/C14H17FO3.C14H18O4.C12H14ClFN4O.C10H12FN5O3.C9H10FN5O2.C7H12BrFO.CO2/c2*1-3-11-9(2)12(15)14(17-11)18-13(16)10-7-5-4-6-8-10;1-3-7-6(2)8(14)12(19-7)18-5-17-9-10(13)15-4-16-11(9)18;11-5-7(18)4(1-17)19-10(5)16-3-15-6-8(12)13-2-14-9(6)16;10-5-4(16)1-17-9(5)15-3-14-6-7(11)12-2-13-8(6)15;1-3-5-4(2)6(9)7(8)10-5;2-1-3/h4-9,11-12,14H,3H2,1-2H3;4-9,11-12,14-15H,3H2,1-2H3;4-8,12H,3H2,1-2H3;2-5,7,10,17-18H,1H2,(H2,12,13,14);2-5,9,16H,1H2,(H2,11,12,13);4-7H,3H2,1-2H3;/t9-,11-,12+,14?;9-,11-,12-,14?;6-,7-,8+,12-;4-,5+,7-,10-;4-,5+,9-;4-,5-,6+,7?;/m111111./s1. The number of fused-ring (bicyclic) bond motifs is 3. The first kappa shape index (κ1) is 81.7. The number of hydrogen-bond donors (Lipinski definition) is 6. The molecule has 6 fully saturated rings. The summed E-state index contributed by atoms with van der Waals surface area (Å²) >= 11 is 9.06. The molecule has 0 saturated carbocycles. The largest absolute Gasteiger partial charge is 0.429 e. The molecule has 6 aliphatic heterocycles. The third-order valence-corrected chi connectivity index (χ3v) is 19.2. The topological polar surface area (TPSA) is 406 Å². The minimum atomic E-state index is -1.69. The van der Waals surface area contributed by atoms with E-state index in [0.717, 1.165) is 19.3 Å². The maximum absolute atomic E-state index is 14.4. The van der Waals surface area contributed by atoms with Crippen LogP contribution >= 0.6 is 27.5 Å². The number of carbonyl (C=O) groups is 2. The lowest BCUT2D eigenvalue weighted by Gasteiger charge is -2.15. The summed E-state index contributed by atoms with van der Waals surface area (Å²) in [5.74, 6) is -0.999. The highest BCUT2D eigenvalue weighted by Gasteiger charge is 2.48. The molecule has 6 aromatic heterocycles. The van der Waals surface area contributed by atoms with Gasteiger partial charge in [-0.1, -0.05) is 119 Å². The van der Waals surface area contributed by atoms with E-state index in [1.807, 2.05) is 54.5 Å². The highest BCUT2D eigenvalue weighted by Crippen LogP contribution is 2.40. The molecule has 0 amide bonds. The highest BCUT2D eigenvalue weighted by molar-refractivity contribution is 9.09. The van der Waals surface area contributed by atoms with Crippen LogP contribution < -0.4 is 11.5 Å². The van der Waals surface area contributed by atoms with E-state index in [0.29, 0.717) is 51.0 Å². The van der Waals surface area contributed by atoms with E-state index in [9.17, 15) is 46.9 Å². The molecule has 23 atom stereocenters. The molecule has 104 heavy (non-hydrogen) atoms. The Morgan fingerprint density at radius 2 is 0.933 bits per heavy atom. The van der Waals surface area contributed by atoms with Gasteiger partial charge >= 0.3 is 18.1 Å². The molecule has 6 aliphatic rings. The highest BCUT2D eigenvalue weighted by atomic mass is 79.9. The monoisotopic (exact) mass is 1550 g/mol. The zero-order chi connectivity index (χ0) is 75.8. The molecule has 0 bridgehead atoms. The van der Waals surface area contributed by atoms with Crippen LogP contribution in [-0.2, 0) is 47.5 Å². The van der Waals surface area contributed by atoms with Gasteiger partial charge in [0.1, 0.15) is 71.1 Å². The number of alkyl halides is 6. The number of anilines is 2. The second-order valence-corrected chi connectivity index (χ2v) is 26.0. The number of aliphatic hydroxyl groups excluding tert-OH is 4. The number of esters is 2. The quantitative estimate of drug-likeness (QED) is 0.0290. The number of ether oxygens (including phenoxy) is 8. The number of nitrogens with zero attached hydrogens (tertiary/aromatic N) is 12. The molecule has 12 heterocycles. The SMILES string of the molecule is CC[C@H]1OC(Br)[C@@H](F)[C@@H]1C.CC[C@H]1OC(OC(=O)c2ccccc2)[C@@H](F)[C@@H]1C.CC[C@H]1OC(OC(=O)c2ccccc2)[C@H](O)[C@@H]1C.CC[C@H]1O[C@@H](n2cnc3c(Cl)ncnc32)[C@@H](F)[C@@H]1C.Nc1ncnc2c1ncn2[C@@H]1OC[C@@H](O)[C@@H]1F.Nc1ncnc2c1ncn2[C@@H]1O[C@H](CO)[C@@H](O)[C@@H]1F.O=C=O. The van der Waals surface area contributed by atoms with Crippen molar-refractivity contribution in [3.8, 4) is 0 Å². The third-order valence-electron chi connectivity index (χ3n) is 18.2. The second-order valence-electron chi connectivity index (χ2n) is 24.8. The Bertz CT molecular complexity index is 3890. The first-order chi connectivity index (χ1) is 49.8. The van der Waals surface area contributed by atoms with Gasteiger partial charge in [0.2, 0.25) is 12.6 Å². The summed E-state index contributed by atoms with van der Waals surface area (Å²) < 4.78 is 116. The summed E-state index contributed by atoms with van der Waals surface area (Å²) in [6.45, 7) is 14.8. The number of carbonyl (C=O) groups excluding carboxylic acids is 4. The molecule has 8 N–H and O–H groups in total. The lowest BCUT2D eigenvalue weighted by molar-refractivity contribution is -0.191. The molecule has 14 rings (SSSR count). The number of nitrogens with two attached hydrogens (primary N) is 2. The van der Waals surface area contributed by atoms with Crippen LogP contribution in [-0.4, -0.2) is 208 Å². The second kappa shape index (κ2) is 37.8. The fourth-order valence-electron chi connectivity index (χ4n) is 12.1. The number of rotatable bonds is 12. The Kier molecular flexibility index (Phi) is 29.7. The zero-order valence-electron chi connectivity index (χ0n) is 57.6. The summed E-state index contributed by atoms with van der Waals surface area (Å²) in [5.41, 5.74) is 14.5. The smallest absolute Gasteiger partial charge is 0.373 e. The fraction of sp³-hybridized carbons (Fsp3) is 0.552. The summed E-state index contributed by atoms with van der Waals surface area (Å²) in [4.78, 5) is 75.5. The summed E-state index contributed by atoms with van der Waals surface area (Å²) in [7, 11) is 0. The lowest BCUT2D eigenvalue weighted by Crippen LogP contribution is -2.30. The summed E-state index contributed by atoms with van der Waals surface area (Å²) in [6, 6.07) is 17.2. The van der Waals surface area contributed by atoms with Crippen molar-refractivity contribution in [2.45, 2.75) is 197 Å². The summed E-state index contributed by atoms with van der Waals surface area (Å²) in [5, 5.41) is 37.7. The van der Waals surface area contributed by atoms with Crippen molar-refractivity contribution in [1.82, 2.24) is 58.6 Å². The van der Waals surface area contributed by atoms with Gasteiger partial charge in [-0.3, -0.25) is 13.7 Å². The Morgan fingerprint density at radius 3 is 1.36 bits per heavy atom. The van der Waals surface area contributed by atoms with Gasteiger partial charge in [-0.25, -0.2) is 76.4 Å². The number of benzene rings is 2. The van der Waals surface area contributed by atoms with Crippen molar-refractivity contribution in [2.24, 2.45) is 23.7 Å². The van der Waals surface area contributed by atoms with Gasteiger partial charge in [0.25, 0.3) is 0 Å². The van der Waals surface area contributed by atoms with Crippen LogP contribution in [0.4, 0.5) is 33.6 Å². The van der Waals surface area contributed by atoms with Gasteiger partial charge in [0.05, 0.1) is 67.7 Å². The van der Waals surface area contributed by atoms with Gasteiger partial charge in [-0.2, -0.15) is 9.59 Å². The Morgan fingerprint density at radius 1 is 0.529 bits per heavy atom. The third kappa shape index (κ3) is 18.8. The Labute approximate surface area is 606 Å². The van der Waals surface area contributed by atoms with E-state index in [-0.39, 0.29) is 82.6 Å². The lowest BCUT2D eigenvalue weighted by atomic mass is 9.99. The maximum Gasteiger partial charge on any atom is 0.373 e. The van der Waals surface area contributed by atoms with Crippen LogP contribution in [0.15, 0.2) is 98.6 Å². The molecule has 30 nitrogen and oxygen atoms in total. The normalized spacial score (nSPS) is 31.6. The average molecular weight is 1550 g/mol. The predicted molar refractivity (Wildman–Crippen MR) is 364 cm³/mol. The van der Waals surface area contributed by atoms with Crippen molar-refractivity contribution in [1.29, 1.82) is 0 Å². The molecule has 0 aliphatic carbocycles. The van der Waals surface area contributed by atoms with Crippen LogP contribution in [0, 0.1) is 23.7 Å². The van der Waals surface area contributed by atoms with Crippen LogP contribution in [0.1, 0.15) is 120 Å². The molecule has 566 valence electrons. The molecule has 3 unspecified atom stereocenters. The van der Waals surface area contributed by atoms with Gasteiger partial charge < -0.3 is 69.8 Å². The molecule has 6 saturated heterocycles. The molecule has 0 radical (unpaired) electrons. The van der Waals surface area contributed by atoms with E-state index in [2.05, 4.69) is 60.8 Å². The van der Waals surface area contributed by atoms with Crippen molar-refractivity contribution in [2.75, 3.05) is 24.7 Å².